The molecule has 0 aromatic carbocycles. The van der Waals surface area contributed by atoms with Gasteiger partial charge < -0.3 is 19.7 Å². The van der Waals surface area contributed by atoms with Gasteiger partial charge in [-0.3, -0.25) is 9.59 Å². The Kier molecular flexibility index (Phi) is 31.6. The van der Waals surface area contributed by atoms with Gasteiger partial charge in [0.2, 0.25) is 5.91 Å². The van der Waals surface area contributed by atoms with Crippen LogP contribution in [-0.4, -0.2) is 108 Å². The number of hydrogen-bond acceptors (Lipinski definition) is 9. The quantitative estimate of drug-likeness (QED) is 0.158. The number of likely N-dealkylation sites (tertiary alicyclic amines) is 1. The van der Waals surface area contributed by atoms with E-state index >= 15 is 0 Å². The smallest absolute Gasteiger partial charge is 0.315 e. The van der Waals surface area contributed by atoms with Gasteiger partial charge in [-0.2, -0.15) is 35.3 Å². The number of amides is 1. The Bertz CT molecular complexity index is 626. The van der Waals surface area contributed by atoms with E-state index in [-0.39, 0.29) is 11.9 Å². The predicted octanol–water partition coefficient (Wildman–Crippen LogP) is 7.59. The van der Waals surface area contributed by atoms with Gasteiger partial charge in [0.15, 0.2) is 0 Å². The number of hydrogen-bond donors (Lipinski definition) is 1. The SMILES string of the molecule is CC(=O)N1CCC(CSC(C)C)CC1.CC(C)SCC1CCNCC1.COC(=O)CSC(C)C.COCCSC(C)C. The summed E-state index contributed by atoms with van der Waals surface area (Å²) in [5.41, 5.74) is 0. The number of esters is 1. The second-order valence-corrected chi connectivity index (χ2v) is 18.2. The zero-order valence-electron chi connectivity index (χ0n) is 28.9. The fourth-order valence-electron chi connectivity index (χ4n) is 3.78. The first kappa shape index (κ1) is 44.4. The average Bonchev–Trinajstić information content (AvgIpc) is 2.95. The van der Waals surface area contributed by atoms with Crippen LogP contribution in [0.1, 0.15) is 88.0 Å². The van der Waals surface area contributed by atoms with Crippen molar-refractivity contribution in [3.63, 3.8) is 0 Å². The van der Waals surface area contributed by atoms with E-state index in [1.807, 2.05) is 42.3 Å². The number of rotatable bonds is 13. The van der Waals surface area contributed by atoms with Crippen LogP contribution in [0.2, 0.25) is 0 Å². The van der Waals surface area contributed by atoms with Crippen molar-refractivity contribution in [1.82, 2.24) is 10.2 Å². The van der Waals surface area contributed by atoms with E-state index in [1.165, 1.54) is 57.4 Å². The molecule has 0 unspecified atom stereocenters. The van der Waals surface area contributed by atoms with Crippen LogP contribution in [0.5, 0.6) is 0 Å². The van der Waals surface area contributed by atoms with Gasteiger partial charge in [-0.25, -0.2) is 0 Å². The first-order valence-corrected chi connectivity index (χ1v) is 20.0. The lowest BCUT2D eigenvalue weighted by Crippen LogP contribution is -2.37. The molecular formula is C32H66N2O4S4. The molecule has 42 heavy (non-hydrogen) atoms. The maximum atomic E-state index is 11.1. The molecule has 1 amide bonds. The monoisotopic (exact) mass is 670 g/mol. The molecule has 1 N–H and O–H groups in total. The van der Waals surface area contributed by atoms with E-state index in [0.29, 0.717) is 11.0 Å². The maximum Gasteiger partial charge on any atom is 0.315 e. The number of carbonyl (C=O) groups excluding carboxylic acids is 2. The van der Waals surface area contributed by atoms with E-state index in [1.54, 1.807) is 25.8 Å². The lowest BCUT2D eigenvalue weighted by atomic mass is 9.99. The Morgan fingerprint density at radius 2 is 1.19 bits per heavy atom. The van der Waals surface area contributed by atoms with Crippen molar-refractivity contribution in [1.29, 1.82) is 0 Å². The highest BCUT2D eigenvalue weighted by molar-refractivity contribution is 8.00. The van der Waals surface area contributed by atoms with Crippen LogP contribution in [0.3, 0.4) is 0 Å². The van der Waals surface area contributed by atoms with Crippen LogP contribution in [0.25, 0.3) is 0 Å². The Hall–Kier alpha value is 0.260. The van der Waals surface area contributed by atoms with Gasteiger partial charge in [0.25, 0.3) is 0 Å². The molecule has 10 heteroatoms. The summed E-state index contributed by atoms with van der Waals surface area (Å²) in [5, 5.41) is 6.18. The third-order valence-electron chi connectivity index (χ3n) is 6.35. The molecule has 2 fully saturated rings. The molecule has 6 nitrogen and oxygen atoms in total. The lowest BCUT2D eigenvalue weighted by molar-refractivity contribution is -0.137. The minimum atomic E-state index is -0.145. The van der Waals surface area contributed by atoms with E-state index in [4.69, 9.17) is 4.74 Å². The van der Waals surface area contributed by atoms with Crippen molar-refractivity contribution in [2.75, 3.05) is 70.0 Å². The number of piperidine rings is 2. The highest BCUT2D eigenvalue weighted by atomic mass is 32.2. The molecule has 2 rings (SSSR count). The zero-order chi connectivity index (χ0) is 32.3. The minimum absolute atomic E-state index is 0.145. The number of ether oxygens (including phenoxy) is 2. The number of methoxy groups -OCH3 is 2. The summed E-state index contributed by atoms with van der Waals surface area (Å²) in [4.78, 5) is 23.5. The van der Waals surface area contributed by atoms with Gasteiger partial charge in [0.1, 0.15) is 0 Å². The molecule has 2 aliphatic heterocycles. The van der Waals surface area contributed by atoms with E-state index < -0.39 is 0 Å². The molecule has 2 saturated heterocycles. The number of nitrogens with one attached hydrogen (secondary N) is 1. The largest absolute Gasteiger partial charge is 0.468 e. The van der Waals surface area contributed by atoms with E-state index in [9.17, 15) is 9.59 Å². The molecule has 0 saturated carbocycles. The Balaban J connectivity index is 0. The third-order valence-corrected chi connectivity index (χ3v) is 11.1. The highest BCUT2D eigenvalue weighted by Gasteiger charge is 2.20. The van der Waals surface area contributed by atoms with E-state index in [0.717, 1.165) is 53.0 Å². The second-order valence-electron chi connectivity index (χ2n) is 11.8. The summed E-state index contributed by atoms with van der Waals surface area (Å²) >= 11 is 7.67. The van der Waals surface area contributed by atoms with Crippen LogP contribution in [0, 0.1) is 11.8 Å². The molecule has 2 aliphatic rings. The van der Waals surface area contributed by atoms with Crippen molar-refractivity contribution in [2.24, 2.45) is 11.8 Å². The van der Waals surface area contributed by atoms with Gasteiger partial charge in [-0.1, -0.05) is 55.4 Å². The molecule has 0 radical (unpaired) electrons. The molecule has 0 aromatic rings. The van der Waals surface area contributed by atoms with Crippen molar-refractivity contribution in [2.45, 2.75) is 109 Å². The lowest BCUT2D eigenvalue weighted by Gasteiger charge is -2.31. The second kappa shape index (κ2) is 29.9. The van der Waals surface area contributed by atoms with Gasteiger partial charge >= 0.3 is 5.97 Å². The first-order chi connectivity index (χ1) is 19.8. The van der Waals surface area contributed by atoms with Gasteiger partial charge in [-0.05, 0) is 83.1 Å². The zero-order valence-corrected chi connectivity index (χ0v) is 32.1. The fourth-order valence-corrected chi connectivity index (χ4v) is 7.08. The standard InChI is InChI=1S/C11H21NOS.C9H19NS.C6H12O2S.C6H14OS/c1-9(2)14-8-11-4-6-12(7-5-11)10(3)13;1-8(2)11-7-9-3-5-10-6-4-9;1-5(2)9-4-6(7)8-3;1-6(2)8-5-4-7-3/h9,11H,4-8H2,1-3H3;8-10H,3-7H2,1-2H3;5H,4H2,1-3H3;6H,4-5H2,1-3H3. The topological polar surface area (TPSA) is 67.9 Å². The molecule has 0 aliphatic carbocycles. The Labute approximate surface area is 277 Å². The van der Waals surface area contributed by atoms with E-state index in [2.05, 4.69) is 63.4 Å². The summed E-state index contributed by atoms with van der Waals surface area (Å²) in [5.74, 6) is 6.14. The molecule has 0 bridgehead atoms. The van der Waals surface area contributed by atoms with Crippen molar-refractivity contribution in [3.05, 3.63) is 0 Å². The number of thioether (sulfide) groups is 4. The summed E-state index contributed by atoms with van der Waals surface area (Å²) in [6.45, 7) is 24.5. The molecule has 0 aromatic heterocycles. The predicted molar refractivity (Wildman–Crippen MR) is 195 cm³/mol. The molecule has 0 spiro atoms. The van der Waals surface area contributed by atoms with Crippen LogP contribution in [-0.2, 0) is 19.1 Å². The van der Waals surface area contributed by atoms with Gasteiger partial charge in [-0.15, -0.1) is 11.8 Å². The van der Waals surface area contributed by atoms with Crippen molar-refractivity contribution in [3.8, 4) is 0 Å². The summed E-state index contributed by atoms with van der Waals surface area (Å²) < 4.78 is 9.31. The van der Waals surface area contributed by atoms with Crippen LogP contribution in [0.4, 0.5) is 0 Å². The fraction of sp³-hybridized carbons (Fsp3) is 0.938. The highest BCUT2D eigenvalue weighted by Crippen LogP contribution is 2.23. The van der Waals surface area contributed by atoms with Crippen LogP contribution in [0.15, 0.2) is 0 Å². The maximum absolute atomic E-state index is 11.1. The van der Waals surface area contributed by atoms with Crippen LogP contribution >= 0.6 is 47.0 Å². The van der Waals surface area contributed by atoms with Gasteiger partial charge in [0.05, 0.1) is 19.5 Å². The average molecular weight is 671 g/mol. The third kappa shape index (κ3) is 31.7. The molecule has 2 heterocycles. The van der Waals surface area contributed by atoms with Crippen molar-refractivity contribution >= 4 is 58.9 Å². The van der Waals surface area contributed by atoms with Gasteiger partial charge in [0, 0.05) is 32.9 Å². The summed E-state index contributed by atoms with van der Waals surface area (Å²) in [7, 11) is 3.14. The number of nitrogens with zero attached hydrogens (tertiary/aromatic N) is 1. The van der Waals surface area contributed by atoms with Crippen LogP contribution < -0.4 is 5.32 Å². The summed E-state index contributed by atoms with van der Waals surface area (Å²) in [6, 6.07) is 0. The van der Waals surface area contributed by atoms with Crippen molar-refractivity contribution < 1.29 is 19.1 Å². The normalized spacial score (nSPS) is 15.9. The number of carbonyl (C=O) groups is 2. The molecular weight excluding hydrogens is 605 g/mol. The Morgan fingerprint density at radius 3 is 1.57 bits per heavy atom. The molecule has 252 valence electrons. The first-order valence-electron chi connectivity index (χ1n) is 15.8. The summed E-state index contributed by atoms with van der Waals surface area (Å²) in [6.07, 6.45) is 5.16. The minimum Gasteiger partial charge on any atom is -0.468 e. The Morgan fingerprint density at radius 1 is 0.738 bits per heavy atom. The molecule has 0 atom stereocenters.